The zero-order chi connectivity index (χ0) is 21.3. The molecular weight excluding hydrogens is 507 g/mol. The van der Waals surface area contributed by atoms with E-state index in [-0.39, 0.29) is 24.0 Å². The Hall–Kier alpha value is -1.26. The van der Waals surface area contributed by atoms with Crippen LogP contribution in [-0.2, 0) is 11.3 Å². The molecule has 2 bridgehead atoms. The van der Waals surface area contributed by atoms with Gasteiger partial charge in [-0.25, -0.2) is 4.99 Å². The normalized spacial score (nSPS) is 22.4. The number of benzene rings is 1. The van der Waals surface area contributed by atoms with Gasteiger partial charge in [-0.15, -0.1) is 24.0 Å². The van der Waals surface area contributed by atoms with E-state index in [9.17, 15) is 0 Å². The quantitative estimate of drug-likeness (QED) is 0.252. The molecule has 3 atom stereocenters. The maximum absolute atomic E-state index is 5.96. The molecule has 3 rings (SSSR count). The lowest BCUT2D eigenvalue weighted by Crippen LogP contribution is -2.47. The molecule has 2 heterocycles. The molecule has 2 saturated heterocycles. The summed E-state index contributed by atoms with van der Waals surface area (Å²) in [7, 11) is 1.68. The van der Waals surface area contributed by atoms with Crippen molar-refractivity contribution in [2.24, 2.45) is 4.99 Å². The highest BCUT2D eigenvalue weighted by molar-refractivity contribution is 14.0. The van der Waals surface area contributed by atoms with Gasteiger partial charge in [0.1, 0.15) is 6.61 Å². The van der Waals surface area contributed by atoms with Gasteiger partial charge in [0.25, 0.3) is 0 Å². The minimum atomic E-state index is 0. The third-order valence-electron chi connectivity index (χ3n) is 5.98. The second kappa shape index (κ2) is 13.3. The van der Waals surface area contributed by atoms with Gasteiger partial charge >= 0.3 is 0 Å². The molecule has 0 spiro atoms. The van der Waals surface area contributed by atoms with Crippen LogP contribution in [0.5, 0.6) is 11.5 Å². The Morgan fingerprint density at radius 3 is 2.61 bits per heavy atom. The SMILES string of the molecule is CCNC(=NCc1ccc(OCCN(CC)CC)c(OC)c1)NC1CC2CCC1O2.I. The lowest BCUT2D eigenvalue weighted by Gasteiger charge is -2.22. The first-order chi connectivity index (χ1) is 14.7. The topological polar surface area (TPSA) is 67.4 Å². The van der Waals surface area contributed by atoms with Crippen LogP contribution in [-0.4, -0.2) is 69.0 Å². The Balaban J connectivity index is 0.00000341. The molecule has 2 aliphatic heterocycles. The fourth-order valence-corrected chi connectivity index (χ4v) is 4.21. The number of hydrogen-bond acceptors (Lipinski definition) is 5. The first kappa shape index (κ1) is 26.0. The number of likely N-dealkylation sites (N-methyl/N-ethyl adjacent to an activating group) is 1. The Morgan fingerprint density at radius 2 is 2.00 bits per heavy atom. The van der Waals surface area contributed by atoms with Gasteiger partial charge < -0.3 is 29.7 Å². The van der Waals surface area contributed by atoms with Crippen molar-refractivity contribution in [1.82, 2.24) is 15.5 Å². The number of aliphatic imine (C=N–C) groups is 1. The van der Waals surface area contributed by atoms with Crippen LogP contribution < -0.4 is 20.1 Å². The van der Waals surface area contributed by atoms with E-state index in [0.29, 0.717) is 31.4 Å². The van der Waals surface area contributed by atoms with Crippen molar-refractivity contribution in [3.8, 4) is 11.5 Å². The largest absolute Gasteiger partial charge is 0.493 e. The Labute approximate surface area is 204 Å². The molecule has 8 heteroatoms. The van der Waals surface area contributed by atoms with Crippen molar-refractivity contribution in [3.63, 3.8) is 0 Å². The molecule has 2 N–H and O–H groups in total. The average molecular weight is 546 g/mol. The molecule has 31 heavy (non-hydrogen) atoms. The van der Waals surface area contributed by atoms with E-state index in [2.05, 4.69) is 42.4 Å². The summed E-state index contributed by atoms with van der Waals surface area (Å²) in [6.07, 6.45) is 4.16. The number of fused-ring (bicyclic) bond motifs is 2. The van der Waals surface area contributed by atoms with Gasteiger partial charge in [-0.3, -0.25) is 0 Å². The van der Waals surface area contributed by atoms with Gasteiger partial charge in [-0.05, 0) is 57.0 Å². The Bertz CT molecular complexity index is 699. The number of nitrogens with zero attached hydrogens (tertiary/aromatic N) is 2. The van der Waals surface area contributed by atoms with Gasteiger partial charge in [0.2, 0.25) is 0 Å². The second-order valence-electron chi connectivity index (χ2n) is 7.92. The number of hydrogen-bond donors (Lipinski definition) is 2. The predicted octanol–water partition coefficient (Wildman–Crippen LogP) is 3.41. The maximum Gasteiger partial charge on any atom is 0.191 e. The molecular formula is C23H39IN4O3. The van der Waals surface area contributed by atoms with E-state index >= 15 is 0 Å². The molecule has 7 nitrogen and oxygen atoms in total. The first-order valence-corrected chi connectivity index (χ1v) is 11.4. The van der Waals surface area contributed by atoms with Gasteiger partial charge in [0.15, 0.2) is 17.5 Å². The summed E-state index contributed by atoms with van der Waals surface area (Å²) in [4.78, 5) is 7.12. The summed E-state index contributed by atoms with van der Waals surface area (Å²) < 4.78 is 17.5. The summed E-state index contributed by atoms with van der Waals surface area (Å²) in [6, 6.07) is 6.41. The molecule has 176 valence electrons. The highest BCUT2D eigenvalue weighted by Crippen LogP contribution is 2.34. The third kappa shape index (κ3) is 7.39. The summed E-state index contributed by atoms with van der Waals surface area (Å²) in [5.74, 6) is 2.38. The molecule has 0 radical (unpaired) electrons. The van der Waals surface area contributed by atoms with Crippen molar-refractivity contribution >= 4 is 29.9 Å². The lowest BCUT2D eigenvalue weighted by molar-refractivity contribution is 0.0992. The standard InChI is InChI=1S/C23H38N4O3.HI/c1-5-24-23(26-19-15-18-9-11-20(19)30-18)25-16-17-8-10-21(22(14-17)28-4)29-13-12-27(6-2)7-3;/h8,10,14,18-20H,5-7,9,11-13,15-16H2,1-4H3,(H2,24,25,26);1H. The molecule has 0 aliphatic carbocycles. The number of rotatable bonds is 11. The lowest BCUT2D eigenvalue weighted by atomic mass is 9.96. The fraction of sp³-hybridized carbons (Fsp3) is 0.696. The zero-order valence-electron chi connectivity index (χ0n) is 19.4. The molecule has 1 aromatic carbocycles. The summed E-state index contributed by atoms with van der Waals surface area (Å²) in [5, 5.41) is 6.91. The van der Waals surface area contributed by atoms with Gasteiger partial charge in [-0.2, -0.15) is 0 Å². The fourth-order valence-electron chi connectivity index (χ4n) is 4.21. The van der Waals surface area contributed by atoms with Gasteiger partial charge in [0, 0.05) is 13.1 Å². The van der Waals surface area contributed by atoms with Crippen molar-refractivity contribution in [2.45, 2.75) is 64.8 Å². The van der Waals surface area contributed by atoms with E-state index in [4.69, 9.17) is 19.2 Å². The molecule has 2 fully saturated rings. The highest BCUT2D eigenvalue weighted by atomic mass is 127. The van der Waals surface area contributed by atoms with Crippen LogP contribution in [0.2, 0.25) is 0 Å². The summed E-state index contributed by atoms with van der Waals surface area (Å²) in [6.45, 7) is 11.4. The monoisotopic (exact) mass is 546 g/mol. The van der Waals surface area contributed by atoms with Gasteiger partial charge in [0.05, 0.1) is 31.9 Å². The van der Waals surface area contributed by atoms with Crippen LogP contribution in [0.25, 0.3) is 0 Å². The average Bonchev–Trinajstić information content (AvgIpc) is 3.39. The second-order valence-corrected chi connectivity index (χ2v) is 7.92. The van der Waals surface area contributed by atoms with Crippen molar-refractivity contribution in [3.05, 3.63) is 23.8 Å². The number of methoxy groups -OCH3 is 1. The Morgan fingerprint density at radius 1 is 1.19 bits per heavy atom. The third-order valence-corrected chi connectivity index (χ3v) is 5.98. The first-order valence-electron chi connectivity index (χ1n) is 11.4. The van der Waals surface area contributed by atoms with Crippen LogP contribution in [0.1, 0.15) is 45.6 Å². The van der Waals surface area contributed by atoms with Crippen LogP contribution >= 0.6 is 24.0 Å². The molecule has 0 saturated carbocycles. The van der Waals surface area contributed by atoms with Crippen LogP contribution in [0, 0.1) is 0 Å². The van der Waals surface area contributed by atoms with Crippen LogP contribution in [0.3, 0.4) is 0 Å². The maximum atomic E-state index is 5.96. The number of nitrogens with one attached hydrogen (secondary N) is 2. The van der Waals surface area contributed by atoms with E-state index in [0.717, 1.165) is 62.0 Å². The van der Waals surface area contributed by atoms with Crippen LogP contribution in [0.4, 0.5) is 0 Å². The molecule has 3 unspecified atom stereocenters. The predicted molar refractivity (Wildman–Crippen MR) is 136 cm³/mol. The molecule has 0 aromatic heterocycles. The van der Waals surface area contributed by atoms with Crippen LogP contribution in [0.15, 0.2) is 23.2 Å². The Kier molecular flexibility index (Phi) is 11.2. The number of guanidine groups is 1. The number of halogens is 1. The summed E-state index contributed by atoms with van der Waals surface area (Å²) in [5.41, 5.74) is 1.09. The summed E-state index contributed by atoms with van der Waals surface area (Å²) >= 11 is 0. The van der Waals surface area contributed by atoms with E-state index in [1.54, 1.807) is 7.11 Å². The van der Waals surface area contributed by atoms with Crippen molar-refractivity contribution in [2.75, 3.05) is 39.9 Å². The minimum Gasteiger partial charge on any atom is -0.493 e. The van der Waals surface area contributed by atoms with Crippen molar-refractivity contribution in [1.29, 1.82) is 0 Å². The molecule has 2 aliphatic rings. The molecule has 0 amide bonds. The van der Waals surface area contributed by atoms with Gasteiger partial charge in [-0.1, -0.05) is 19.9 Å². The smallest absolute Gasteiger partial charge is 0.191 e. The molecule has 1 aromatic rings. The number of ether oxygens (including phenoxy) is 3. The highest BCUT2D eigenvalue weighted by Gasteiger charge is 2.41. The zero-order valence-corrected chi connectivity index (χ0v) is 21.7. The minimum absolute atomic E-state index is 0. The van der Waals surface area contributed by atoms with E-state index < -0.39 is 0 Å². The van der Waals surface area contributed by atoms with E-state index in [1.807, 2.05) is 12.1 Å². The van der Waals surface area contributed by atoms with E-state index in [1.165, 1.54) is 6.42 Å². The van der Waals surface area contributed by atoms with Crippen molar-refractivity contribution < 1.29 is 14.2 Å².